The van der Waals surface area contributed by atoms with E-state index in [1.807, 2.05) is 6.92 Å². The van der Waals surface area contributed by atoms with Crippen molar-refractivity contribution in [3.63, 3.8) is 0 Å². The third-order valence-electron chi connectivity index (χ3n) is 5.22. The molecule has 1 amide bonds. The van der Waals surface area contributed by atoms with Gasteiger partial charge in [-0.15, -0.1) is 0 Å². The maximum absolute atomic E-state index is 13.2. The molecule has 1 aromatic heterocycles. The number of rotatable bonds is 8. The molecule has 0 spiro atoms. The zero-order chi connectivity index (χ0) is 24.5. The average molecular weight is 493 g/mol. The first-order valence-corrected chi connectivity index (χ1v) is 12.8. The smallest absolute Gasteiger partial charge is 0.308 e. The van der Waals surface area contributed by atoms with Crippen LogP contribution in [0.25, 0.3) is 10.2 Å². The van der Waals surface area contributed by atoms with E-state index in [9.17, 15) is 28.1 Å². The normalized spacial score (nSPS) is 12.5. The molecule has 0 saturated heterocycles. The van der Waals surface area contributed by atoms with Gasteiger partial charge in [0.05, 0.1) is 27.1 Å². The summed E-state index contributed by atoms with van der Waals surface area (Å²) in [5.41, 5.74) is 1.44. The summed E-state index contributed by atoms with van der Waals surface area (Å²) >= 11 is 1.06. The van der Waals surface area contributed by atoms with Gasteiger partial charge in [0.15, 0.2) is 0 Å². The van der Waals surface area contributed by atoms with E-state index < -0.39 is 26.9 Å². The molecule has 0 aliphatic carbocycles. The van der Waals surface area contributed by atoms with Crippen LogP contribution in [0, 0.1) is 17.0 Å². The zero-order valence-corrected chi connectivity index (χ0v) is 20.2. The van der Waals surface area contributed by atoms with Gasteiger partial charge in [-0.25, -0.2) is 8.42 Å². The van der Waals surface area contributed by atoms with Crippen molar-refractivity contribution < 1.29 is 18.1 Å². The Morgan fingerprint density at radius 2 is 1.94 bits per heavy atom. The van der Waals surface area contributed by atoms with Crippen molar-refractivity contribution in [2.24, 2.45) is 0 Å². The fourth-order valence-corrected chi connectivity index (χ4v) is 5.91. The van der Waals surface area contributed by atoms with Crippen LogP contribution in [0.1, 0.15) is 25.8 Å². The van der Waals surface area contributed by atoms with Crippen LogP contribution < -0.4 is 14.5 Å². The van der Waals surface area contributed by atoms with Crippen molar-refractivity contribution in [1.82, 2.24) is 4.57 Å². The van der Waals surface area contributed by atoms with E-state index in [2.05, 4.69) is 5.32 Å². The Hall–Kier alpha value is -3.25. The molecule has 33 heavy (non-hydrogen) atoms. The van der Waals surface area contributed by atoms with Gasteiger partial charge >= 0.3 is 4.87 Å². The summed E-state index contributed by atoms with van der Waals surface area (Å²) < 4.78 is 28.7. The van der Waals surface area contributed by atoms with Crippen LogP contribution in [0.3, 0.4) is 0 Å². The van der Waals surface area contributed by atoms with Gasteiger partial charge in [-0.1, -0.05) is 24.3 Å². The van der Waals surface area contributed by atoms with Crippen LogP contribution in [0.5, 0.6) is 0 Å². The topological polar surface area (TPSA) is 132 Å². The molecular weight excluding hydrogens is 468 g/mol. The number of carbonyl (C=O) groups is 1. The van der Waals surface area contributed by atoms with E-state index in [0.717, 1.165) is 33.5 Å². The lowest BCUT2D eigenvalue weighted by Crippen LogP contribution is -2.47. The molecule has 0 unspecified atom stereocenters. The van der Waals surface area contributed by atoms with E-state index in [0.29, 0.717) is 22.5 Å². The lowest BCUT2D eigenvalue weighted by molar-refractivity contribution is -0.384. The van der Waals surface area contributed by atoms with Crippen LogP contribution in [0.2, 0.25) is 0 Å². The van der Waals surface area contributed by atoms with Gasteiger partial charge < -0.3 is 5.32 Å². The number of aromatic nitrogens is 1. The predicted octanol–water partition coefficient (Wildman–Crippen LogP) is 3.48. The predicted molar refractivity (Wildman–Crippen MR) is 130 cm³/mol. The Balaban J connectivity index is 2.01. The number of benzene rings is 2. The van der Waals surface area contributed by atoms with Crippen molar-refractivity contribution >= 4 is 54.5 Å². The fourth-order valence-electron chi connectivity index (χ4n) is 3.65. The molecule has 0 saturated carbocycles. The summed E-state index contributed by atoms with van der Waals surface area (Å²) in [6.45, 7) is 5.67. The number of thiazole rings is 1. The van der Waals surface area contributed by atoms with Crippen molar-refractivity contribution in [3.05, 3.63) is 61.7 Å². The molecule has 2 aromatic carbocycles. The summed E-state index contributed by atoms with van der Waals surface area (Å²) in [5.74, 6) is -0.588. The lowest BCUT2D eigenvalue weighted by Gasteiger charge is -2.31. The number of non-ortho nitro benzene ring substituents is 1. The number of nitrogens with one attached hydrogen (secondary N) is 1. The van der Waals surface area contributed by atoms with Crippen LogP contribution in [-0.2, 0) is 21.4 Å². The third kappa shape index (κ3) is 4.91. The minimum absolute atomic E-state index is 0.0717. The van der Waals surface area contributed by atoms with E-state index in [4.69, 9.17) is 0 Å². The second-order valence-corrected chi connectivity index (χ2v) is 10.3. The molecule has 1 N–H and O–H groups in total. The van der Waals surface area contributed by atoms with Crippen molar-refractivity contribution in [1.29, 1.82) is 0 Å². The largest absolute Gasteiger partial charge is 0.324 e. The summed E-state index contributed by atoms with van der Waals surface area (Å²) in [6, 6.07) is 7.79. The molecule has 1 atom stereocenters. The fraction of sp³-hybridized carbons (Fsp3) is 0.333. The lowest BCUT2D eigenvalue weighted by atomic mass is 10.1. The third-order valence-corrected chi connectivity index (χ3v) is 7.33. The van der Waals surface area contributed by atoms with E-state index in [1.165, 1.54) is 12.1 Å². The van der Waals surface area contributed by atoms with Crippen LogP contribution >= 0.6 is 11.3 Å². The highest BCUT2D eigenvalue weighted by molar-refractivity contribution is 7.92. The molecule has 1 heterocycles. The van der Waals surface area contributed by atoms with Gasteiger partial charge in [0.1, 0.15) is 6.04 Å². The van der Waals surface area contributed by atoms with Crippen LogP contribution in [-0.4, -0.2) is 36.1 Å². The molecule has 3 rings (SSSR count). The minimum atomic E-state index is -3.96. The van der Waals surface area contributed by atoms with Crippen molar-refractivity contribution in [2.75, 3.05) is 15.9 Å². The first-order chi connectivity index (χ1) is 15.5. The van der Waals surface area contributed by atoms with Crippen molar-refractivity contribution in [3.8, 4) is 0 Å². The number of hydrogen-bond donors (Lipinski definition) is 1. The molecule has 12 heteroatoms. The Bertz CT molecular complexity index is 1390. The Morgan fingerprint density at radius 1 is 1.24 bits per heavy atom. The van der Waals surface area contributed by atoms with Gasteiger partial charge in [0, 0.05) is 24.4 Å². The standard InChI is InChI=1S/C21H24N4O6S2/c1-5-16(24(33(4,30)31)18-12-15(25(28)29)9-7-13(18)3)20(26)22-14-8-10-17-19(11-14)32-21(27)23(17)6-2/h7-12,16H,5-6H2,1-4H3,(H,22,26)/t16-/m1/s1. The van der Waals surface area contributed by atoms with Gasteiger partial charge in [-0.2, -0.15) is 0 Å². The maximum Gasteiger partial charge on any atom is 0.308 e. The van der Waals surface area contributed by atoms with Crippen LogP contribution in [0.15, 0.2) is 41.2 Å². The highest BCUT2D eigenvalue weighted by Gasteiger charge is 2.33. The zero-order valence-electron chi connectivity index (χ0n) is 18.6. The molecule has 0 bridgehead atoms. The number of fused-ring (bicyclic) bond motifs is 1. The minimum Gasteiger partial charge on any atom is -0.324 e. The van der Waals surface area contributed by atoms with Crippen LogP contribution in [0.4, 0.5) is 17.1 Å². The number of amides is 1. The molecule has 176 valence electrons. The number of aryl methyl sites for hydroxylation is 2. The first kappa shape index (κ1) is 24.4. The SMILES string of the molecule is CC[C@H](C(=O)Nc1ccc2c(c1)sc(=O)n2CC)N(c1cc([N+](=O)[O-])ccc1C)S(C)(=O)=O. The van der Waals surface area contributed by atoms with Gasteiger partial charge in [-0.3, -0.25) is 28.6 Å². The highest BCUT2D eigenvalue weighted by atomic mass is 32.2. The molecule has 0 radical (unpaired) electrons. The number of nitro groups is 1. The summed E-state index contributed by atoms with van der Waals surface area (Å²) in [7, 11) is -3.96. The molecule has 3 aromatic rings. The monoisotopic (exact) mass is 492 g/mol. The van der Waals surface area contributed by atoms with Gasteiger partial charge in [0.2, 0.25) is 15.9 Å². The number of carbonyl (C=O) groups excluding carboxylic acids is 1. The Morgan fingerprint density at radius 3 is 2.52 bits per heavy atom. The maximum atomic E-state index is 13.2. The summed E-state index contributed by atoms with van der Waals surface area (Å²) in [6.07, 6.45) is 1.08. The summed E-state index contributed by atoms with van der Waals surface area (Å²) in [5, 5.41) is 14.0. The van der Waals surface area contributed by atoms with E-state index in [1.54, 1.807) is 36.6 Å². The van der Waals surface area contributed by atoms with Gasteiger partial charge in [0.25, 0.3) is 5.69 Å². The highest BCUT2D eigenvalue weighted by Crippen LogP contribution is 2.31. The molecule has 0 fully saturated rings. The van der Waals surface area contributed by atoms with E-state index in [-0.39, 0.29) is 22.7 Å². The first-order valence-electron chi connectivity index (χ1n) is 10.2. The number of nitrogens with zero attached hydrogens (tertiary/aromatic N) is 3. The molecular formula is C21H24N4O6S2. The Labute approximate surface area is 194 Å². The van der Waals surface area contributed by atoms with Crippen molar-refractivity contribution in [2.45, 2.75) is 39.8 Å². The second-order valence-electron chi connectivity index (χ2n) is 7.49. The summed E-state index contributed by atoms with van der Waals surface area (Å²) in [4.78, 5) is 35.8. The molecule has 0 aliphatic heterocycles. The quantitative estimate of drug-likeness (QED) is 0.378. The number of hydrogen-bond acceptors (Lipinski definition) is 7. The molecule has 0 aliphatic rings. The molecule has 10 nitrogen and oxygen atoms in total. The second kappa shape index (κ2) is 9.32. The Kier molecular flexibility index (Phi) is 6.89. The van der Waals surface area contributed by atoms with Gasteiger partial charge in [-0.05, 0) is 44.0 Å². The number of anilines is 2. The number of sulfonamides is 1. The van der Waals surface area contributed by atoms with E-state index >= 15 is 0 Å². The number of nitro benzene ring substituents is 1. The average Bonchev–Trinajstić information content (AvgIpc) is 3.05.